The summed E-state index contributed by atoms with van der Waals surface area (Å²) in [4.78, 5) is 0. The van der Waals surface area contributed by atoms with Gasteiger partial charge in [-0.25, -0.2) is 0 Å². The standard InChI is InChI=1S/C30H20S3Si/c1-5-10-21-17-11-6-8-13-19(17)23-25(21)31-29-27(23)33-28-24-20-14-9-7-12-18(20)22(15-16-34(2,3)4)26(24)32-30(28)29/h6-9,11-14H,1-4H3. The van der Waals surface area contributed by atoms with Crippen molar-refractivity contribution in [2.24, 2.45) is 0 Å². The lowest BCUT2D eigenvalue weighted by Crippen LogP contribution is -2.16. The molecule has 2 aliphatic rings. The first-order chi connectivity index (χ1) is 16.5. The van der Waals surface area contributed by atoms with Crippen LogP contribution in [0, 0.1) is 23.3 Å². The van der Waals surface area contributed by atoms with Crippen molar-refractivity contribution in [3.8, 4) is 45.6 Å². The summed E-state index contributed by atoms with van der Waals surface area (Å²) in [6, 6.07) is 17.6. The minimum absolute atomic E-state index is 1.19. The van der Waals surface area contributed by atoms with Crippen LogP contribution in [0.5, 0.6) is 0 Å². The third kappa shape index (κ3) is 2.72. The van der Waals surface area contributed by atoms with Gasteiger partial charge in [0.05, 0.1) is 33.4 Å². The lowest BCUT2D eigenvalue weighted by molar-refractivity contribution is 1.66. The summed E-state index contributed by atoms with van der Waals surface area (Å²) in [5.41, 5.74) is 14.1. The molecule has 162 valence electrons. The topological polar surface area (TPSA) is 0 Å². The molecule has 3 heterocycles. The van der Waals surface area contributed by atoms with Crippen LogP contribution in [0.4, 0.5) is 0 Å². The zero-order valence-corrected chi connectivity index (χ0v) is 22.8. The lowest BCUT2D eigenvalue weighted by atomic mass is 10.0. The Kier molecular flexibility index (Phi) is 4.27. The Bertz CT molecular complexity index is 1960. The molecule has 0 saturated carbocycles. The molecule has 0 N–H and O–H groups in total. The van der Waals surface area contributed by atoms with E-state index in [1.54, 1.807) is 0 Å². The molecule has 3 aromatic heterocycles. The van der Waals surface area contributed by atoms with Gasteiger partial charge in [-0.2, -0.15) is 0 Å². The Morgan fingerprint density at radius 1 is 0.588 bits per heavy atom. The third-order valence-corrected chi connectivity index (χ3v) is 11.3. The second-order valence-corrected chi connectivity index (χ2v) is 17.6. The first-order valence-electron chi connectivity index (χ1n) is 11.4. The van der Waals surface area contributed by atoms with E-state index in [1.807, 2.05) is 40.9 Å². The summed E-state index contributed by atoms with van der Waals surface area (Å²) < 4.78 is 8.39. The zero-order valence-electron chi connectivity index (χ0n) is 19.3. The molecular formula is C30H20S3Si. The summed E-state index contributed by atoms with van der Waals surface area (Å²) in [6.45, 7) is 8.88. The number of thiophene rings is 3. The van der Waals surface area contributed by atoms with Crippen LogP contribution in [0.2, 0.25) is 19.6 Å². The third-order valence-electron chi connectivity index (χ3n) is 6.34. The van der Waals surface area contributed by atoms with Crippen molar-refractivity contribution >= 4 is 72.0 Å². The van der Waals surface area contributed by atoms with Crippen molar-refractivity contribution in [3.63, 3.8) is 0 Å². The van der Waals surface area contributed by atoms with Gasteiger partial charge in [0.15, 0.2) is 0 Å². The van der Waals surface area contributed by atoms with Crippen molar-refractivity contribution in [1.82, 2.24) is 0 Å². The molecule has 0 atom stereocenters. The molecule has 0 saturated heterocycles. The van der Waals surface area contributed by atoms with Gasteiger partial charge in [0.2, 0.25) is 0 Å². The molecule has 2 aromatic carbocycles. The van der Waals surface area contributed by atoms with Gasteiger partial charge in [-0.05, 0) is 29.2 Å². The zero-order chi connectivity index (χ0) is 23.2. The van der Waals surface area contributed by atoms with Gasteiger partial charge in [0.1, 0.15) is 8.07 Å². The second kappa shape index (κ2) is 7.07. The maximum Gasteiger partial charge on any atom is 0.129 e. The molecule has 0 bridgehead atoms. The van der Waals surface area contributed by atoms with Crippen molar-refractivity contribution < 1.29 is 0 Å². The minimum Gasteiger partial charge on any atom is -0.132 e. The summed E-state index contributed by atoms with van der Waals surface area (Å²) >= 11 is 5.83. The Balaban J connectivity index is 1.60. The molecular weight excluding hydrogens is 485 g/mol. The largest absolute Gasteiger partial charge is 0.132 e. The van der Waals surface area contributed by atoms with E-state index < -0.39 is 8.07 Å². The van der Waals surface area contributed by atoms with E-state index in [2.05, 4.69) is 91.5 Å². The molecule has 0 amide bonds. The number of hydrogen-bond donors (Lipinski definition) is 0. The van der Waals surface area contributed by atoms with E-state index in [0.29, 0.717) is 0 Å². The molecule has 2 aliphatic carbocycles. The fraction of sp³-hybridized carbons (Fsp3) is 0.133. The second-order valence-electron chi connectivity index (χ2n) is 9.75. The highest BCUT2D eigenvalue weighted by atomic mass is 32.1. The van der Waals surface area contributed by atoms with Gasteiger partial charge in [0, 0.05) is 16.7 Å². The van der Waals surface area contributed by atoms with E-state index >= 15 is 0 Å². The Labute approximate surface area is 211 Å². The molecule has 0 fully saturated rings. The van der Waals surface area contributed by atoms with Crippen LogP contribution in [-0.4, -0.2) is 8.07 Å². The Morgan fingerprint density at radius 3 is 1.53 bits per heavy atom. The van der Waals surface area contributed by atoms with Crippen LogP contribution in [0.25, 0.3) is 52.2 Å². The van der Waals surface area contributed by atoms with Crippen LogP contribution in [0.1, 0.15) is 18.1 Å². The highest BCUT2D eigenvalue weighted by Crippen LogP contribution is 2.51. The van der Waals surface area contributed by atoms with Crippen molar-refractivity contribution in [3.05, 3.63) is 68.7 Å². The van der Waals surface area contributed by atoms with Crippen LogP contribution in [0.3, 0.4) is 0 Å². The number of rotatable bonds is 0. The highest BCUT2D eigenvalue weighted by Gasteiger charge is 2.30. The quantitative estimate of drug-likeness (QED) is 0.152. The minimum atomic E-state index is -1.47. The van der Waals surface area contributed by atoms with E-state index in [0.717, 1.165) is 0 Å². The van der Waals surface area contributed by atoms with Crippen LogP contribution < -0.4 is 9.06 Å². The SMILES string of the molecule is CC#CC1=c2sc3c(sc4c5c(sc43)=C(C#C[Si](C)(C)C)c3ccccc3-5)c2-c2ccccc21. The predicted octanol–water partition coefficient (Wildman–Crippen LogP) is 7.44. The maximum absolute atomic E-state index is 3.63. The predicted molar refractivity (Wildman–Crippen MR) is 155 cm³/mol. The number of hydrogen-bond acceptors (Lipinski definition) is 3. The van der Waals surface area contributed by atoms with Gasteiger partial charge in [-0.3, -0.25) is 0 Å². The van der Waals surface area contributed by atoms with Gasteiger partial charge in [0.25, 0.3) is 0 Å². The summed E-state index contributed by atoms with van der Waals surface area (Å²) in [7, 11) is -1.47. The molecule has 0 aliphatic heterocycles. The van der Waals surface area contributed by atoms with Gasteiger partial charge >= 0.3 is 0 Å². The molecule has 0 spiro atoms. The van der Waals surface area contributed by atoms with Crippen LogP contribution in [-0.2, 0) is 0 Å². The summed E-state index contributed by atoms with van der Waals surface area (Å²) in [5.74, 6) is 10.2. The van der Waals surface area contributed by atoms with Crippen LogP contribution >= 0.6 is 34.0 Å². The van der Waals surface area contributed by atoms with E-state index in [-0.39, 0.29) is 0 Å². The monoisotopic (exact) mass is 504 g/mol. The smallest absolute Gasteiger partial charge is 0.129 e. The average molecular weight is 505 g/mol. The van der Waals surface area contributed by atoms with Crippen molar-refractivity contribution in [2.75, 3.05) is 0 Å². The number of fused-ring (bicyclic) bond motifs is 11. The highest BCUT2D eigenvalue weighted by molar-refractivity contribution is 7.39. The van der Waals surface area contributed by atoms with Gasteiger partial charge < -0.3 is 0 Å². The fourth-order valence-electron chi connectivity index (χ4n) is 4.98. The normalized spacial score (nSPS) is 13.3. The van der Waals surface area contributed by atoms with E-state index in [9.17, 15) is 0 Å². The maximum atomic E-state index is 3.63. The van der Waals surface area contributed by atoms with E-state index in [4.69, 9.17) is 0 Å². The van der Waals surface area contributed by atoms with Crippen molar-refractivity contribution in [2.45, 2.75) is 26.6 Å². The molecule has 0 unspecified atom stereocenters. The van der Waals surface area contributed by atoms with Gasteiger partial charge in [-0.1, -0.05) is 80.0 Å². The molecule has 0 radical (unpaired) electrons. The summed E-state index contributed by atoms with van der Waals surface area (Å²) in [5, 5.41) is 0. The Morgan fingerprint density at radius 2 is 1.06 bits per heavy atom. The molecule has 4 heteroatoms. The summed E-state index contributed by atoms with van der Waals surface area (Å²) in [6.07, 6.45) is 0. The molecule has 34 heavy (non-hydrogen) atoms. The van der Waals surface area contributed by atoms with Crippen LogP contribution in [0.15, 0.2) is 48.5 Å². The average Bonchev–Trinajstić information content (AvgIpc) is 3.56. The van der Waals surface area contributed by atoms with Crippen molar-refractivity contribution in [1.29, 1.82) is 0 Å². The fourth-order valence-corrected chi connectivity index (χ4v) is 10.0. The lowest BCUT2D eigenvalue weighted by Gasteiger charge is -2.04. The molecule has 7 rings (SSSR count). The molecule has 5 aromatic rings. The molecule has 0 nitrogen and oxygen atoms in total. The van der Waals surface area contributed by atoms with E-state index in [1.165, 1.54) is 72.4 Å². The number of benzene rings is 2. The first kappa shape index (κ1) is 20.5. The Hall–Kier alpha value is -2.86. The first-order valence-corrected chi connectivity index (χ1v) is 17.3. The van der Waals surface area contributed by atoms with Gasteiger partial charge in [-0.15, -0.1) is 45.5 Å².